The van der Waals surface area contributed by atoms with Gasteiger partial charge in [0.2, 0.25) is 11.8 Å². The van der Waals surface area contributed by atoms with Gasteiger partial charge in [-0.15, -0.1) is 12.4 Å². The topological polar surface area (TPSA) is 84.2 Å². The van der Waals surface area contributed by atoms with Crippen molar-refractivity contribution < 1.29 is 9.59 Å². The van der Waals surface area contributed by atoms with E-state index in [4.69, 9.17) is 5.73 Å². The molecule has 0 saturated carbocycles. The molecule has 0 aromatic heterocycles. The van der Waals surface area contributed by atoms with Gasteiger partial charge in [0.1, 0.15) is 0 Å². The molecule has 0 aliphatic heterocycles. The maximum Gasteiger partial charge on any atom is 0.239 e. The summed E-state index contributed by atoms with van der Waals surface area (Å²) in [5, 5.41) is 5.54. The zero-order valence-electron chi connectivity index (χ0n) is 13.0. The molecule has 122 valence electrons. The normalized spacial score (nSPS) is 14.9. The lowest BCUT2D eigenvalue weighted by Gasteiger charge is -2.16. The lowest BCUT2D eigenvalue weighted by atomic mass is 10.1. The molecule has 2 rings (SSSR count). The standard InChI is InChI=1S/C16H23N3O2.ClH/c1-10(2)15(17)16(21)18-9-14(20)19-13-7-11-5-3-4-6-12(11)8-13;/h3-6,10,13,15H,7-9,17H2,1-2H3,(H,18,21)(H,19,20);1H/t15-;/m0./s1. The van der Waals surface area contributed by atoms with Crippen LogP contribution in [-0.2, 0) is 22.4 Å². The van der Waals surface area contributed by atoms with Gasteiger partial charge in [-0.3, -0.25) is 9.59 Å². The Bertz CT molecular complexity index is 509. The number of amides is 2. The van der Waals surface area contributed by atoms with Gasteiger partial charge < -0.3 is 16.4 Å². The number of carbonyl (C=O) groups is 2. The van der Waals surface area contributed by atoms with Crippen molar-refractivity contribution in [2.75, 3.05) is 6.54 Å². The Balaban J connectivity index is 0.00000242. The molecule has 0 heterocycles. The van der Waals surface area contributed by atoms with Gasteiger partial charge in [-0.1, -0.05) is 38.1 Å². The van der Waals surface area contributed by atoms with E-state index in [-0.39, 0.29) is 42.7 Å². The second-order valence-electron chi connectivity index (χ2n) is 5.93. The van der Waals surface area contributed by atoms with Crippen LogP contribution >= 0.6 is 12.4 Å². The number of halogens is 1. The summed E-state index contributed by atoms with van der Waals surface area (Å²) in [7, 11) is 0. The average molecular weight is 326 g/mol. The Morgan fingerprint density at radius 3 is 2.27 bits per heavy atom. The van der Waals surface area contributed by atoms with E-state index in [0.29, 0.717) is 0 Å². The molecule has 0 unspecified atom stereocenters. The quantitative estimate of drug-likeness (QED) is 0.748. The van der Waals surface area contributed by atoms with Gasteiger partial charge in [-0.2, -0.15) is 0 Å². The van der Waals surface area contributed by atoms with E-state index in [2.05, 4.69) is 22.8 Å². The monoisotopic (exact) mass is 325 g/mol. The van der Waals surface area contributed by atoms with E-state index >= 15 is 0 Å². The molecule has 1 aromatic carbocycles. The van der Waals surface area contributed by atoms with Crippen LogP contribution in [0.2, 0.25) is 0 Å². The fourth-order valence-electron chi connectivity index (χ4n) is 2.53. The smallest absolute Gasteiger partial charge is 0.239 e. The third-order valence-electron chi connectivity index (χ3n) is 3.86. The molecule has 1 aliphatic carbocycles. The molecule has 0 saturated heterocycles. The number of nitrogens with one attached hydrogen (secondary N) is 2. The van der Waals surface area contributed by atoms with Crippen molar-refractivity contribution in [1.82, 2.24) is 10.6 Å². The van der Waals surface area contributed by atoms with Crippen molar-refractivity contribution >= 4 is 24.2 Å². The molecule has 0 spiro atoms. The number of hydrogen-bond donors (Lipinski definition) is 3. The number of fused-ring (bicyclic) bond motifs is 1. The zero-order chi connectivity index (χ0) is 15.4. The number of carbonyl (C=O) groups excluding carboxylic acids is 2. The Morgan fingerprint density at radius 1 is 1.23 bits per heavy atom. The first kappa shape index (κ1) is 18.5. The summed E-state index contributed by atoms with van der Waals surface area (Å²) in [6.45, 7) is 3.73. The summed E-state index contributed by atoms with van der Waals surface area (Å²) < 4.78 is 0. The first-order valence-corrected chi connectivity index (χ1v) is 7.37. The Kier molecular flexibility index (Phi) is 6.84. The SMILES string of the molecule is CC(C)[C@H](N)C(=O)NCC(=O)NC1Cc2ccccc2C1.Cl. The van der Waals surface area contributed by atoms with Gasteiger partial charge in [0.25, 0.3) is 0 Å². The summed E-state index contributed by atoms with van der Waals surface area (Å²) >= 11 is 0. The van der Waals surface area contributed by atoms with Gasteiger partial charge in [0.15, 0.2) is 0 Å². The lowest BCUT2D eigenvalue weighted by molar-refractivity contribution is -0.127. The fraction of sp³-hybridized carbons (Fsp3) is 0.500. The number of rotatable bonds is 5. The molecule has 1 aromatic rings. The average Bonchev–Trinajstić information content (AvgIpc) is 2.85. The van der Waals surface area contributed by atoms with Gasteiger partial charge >= 0.3 is 0 Å². The zero-order valence-corrected chi connectivity index (χ0v) is 13.8. The molecule has 0 fully saturated rings. The van der Waals surface area contributed by atoms with Gasteiger partial charge in [-0.25, -0.2) is 0 Å². The Labute approximate surface area is 137 Å². The highest BCUT2D eigenvalue weighted by molar-refractivity contribution is 5.87. The molecule has 1 aliphatic rings. The molecule has 22 heavy (non-hydrogen) atoms. The van der Waals surface area contributed by atoms with Gasteiger partial charge in [0.05, 0.1) is 12.6 Å². The highest BCUT2D eigenvalue weighted by Crippen LogP contribution is 2.21. The van der Waals surface area contributed by atoms with E-state index < -0.39 is 6.04 Å². The second-order valence-corrected chi connectivity index (χ2v) is 5.93. The minimum absolute atomic E-state index is 0. The van der Waals surface area contributed by atoms with E-state index in [1.807, 2.05) is 26.0 Å². The van der Waals surface area contributed by atoms with Crippen LogP contribution in [0.15, 0.2) is 24.3 Å². The molecule has 2 amide bonds. The summed E-state index contributed by atoms with van der Waals surface area (Å²) in [5.41, 5.74) is 8.30. The number of nitrogens with two attached hydrogens (primary N) is 1. The van der Waals surface area contributed by atoms with Crippen molar-refractivity contribution in [2.45, 2.75) is 38.8 Å². The minimum Gasteiger partial charge on any atom is -0.351 e. The Hall–Kier alpha value is -1.59. The largest absolute Gasteiger partial charge is 0.351 e. The predicted octanol–water partition coefficient (Wildman–Crippen LogP) is 0.791. The van der Waals surface area contributed by atoms with Crippen LogP contribution in [-0.4, -0.2) is 30.4 Å². The molecular formula is C16H24ClN3O2. The number of benzene rings is 1. The number of hydrogen-bond acceptors (Lipinski definition) is 3. The first-order chi connectivity index (χ1) is 9.97. The summed E-state index contributed by atoms with van der Waals surface area (Å²) in [4.78, 5) is 23.6. The van der Waals surface area contributed by atoms with Crippen LogP contribution in [0.4, 0.5) is 0 Å². The van der Waals surface area contributed by atoms with Crippen LogP contribution in [0.5, 0.6) is 0 Å². The minimum atomic E-state index is -0.575. The van der Waals surface area contributed by atoms with Crippen molar-refractivity contribution in [3.8, 4) is 0 Å². The van der Waals surface area contributed by atoms with E-state index in [1.54, 1.807) is 0 Å². The first-order valence-electron chi connectivity index (χ1n) is 7.37. The predicted molar refractivity (Wildman–Crippen MR) is 88.9 cm³/mol. The second kappa shape index (κ2) is 8.15. The van der Waals surface area contributed by atoms with Gasteiger partial charge in [-0.05, 0) is 29.9 Å². The Morgan fingerprint density at radius 2 is 1.77 bits per heavy atom. The van der Waals surface area contributed by atoms with Crippen molar-refractivity contribution in [3.63, 3.8) is 0 Å². The van der Waals surface area contributed by atoms with E-state index in [1.165, 1.54) is 11.1 Å². The van der Waals surface area contributed by atoms with E-state index in [9.17, 15) is 9.59 Å². The summed E-state index contributed by atoms with van der Waals surface area (Å²) in [6, 6.07) is 7.74. The van der Waals surface area contributed by atoms with Crippen LogP contribution < -0.4 is 16.4 Å². The van der Waals surface area contributed by atoms with Gasteiger partial charge in [0, 0.05) is 6.04 Å². The van der Waals surface area contributed by atoms with Crippen LogP contribution in [0.1, 0.15) is 25.0 Å². The highest BCUT2D eigenvalue weighted by Gasteiger charge is 2.23. The molecule has 1 atom stereocenters. The molecule has 0 bridgehead atoms. The maximum atomic E-state index is 11.9. The van der Waals surface area contributed by atoms with E-state index in [0.717, 1.165) is 12.8 Å². The third-order valence-corrected chi connectivity index (χ3v) is 3.86. The van der Waals surface area contributed by atoms with Crippen LogP contribution in [0, 0.1) is 5.92 Å². The van der Waals surface area contributed by atoms with Crippen LogP contribution in [0.3, 0.4) is 0 Å². The molecule has 6 heteroatoms. The molecular weight excluding hydrogens is 302 g/mol. The molecule has 5 nitrogen and oxygen atoms in total. The molecule has 4 N–H and O–H groups in total. The highest BCUT2D eigenvalue weighted by atomic mass is 35.5. The summed E-state index contributed by atoms with van der Waals surface area (Å²) in [5.74, 6) is -0.399. The van der Waals surface area contributed by atoms with Crippen LogP contribution in [0.25, 0.3) is 0 Å². The summed E-state index contributed by atoms with van der Waals surface area (Å²) in [6.07, 6.45) is 1.70. The maximum absolute atomic E-state index is 11.9. The fourth-order valence-corrected chi connectivity index (χ4v) is 2.53. The van der Waals surface area contributed by atoms with Crippen molar-refractivity contribution in [2.24, 2.45) is 11.7 Å². The van der Waals surface area contributed by atoms with Crippen molar-refractivity contribution in [3.05, 3.63) is 35.4 Å². The molecule has 0 radical (unpaired) electrons. The van der Waals surface area contributed by atoms with Crippen molar-refractivity contribution in [1.29, 1.82) is 0 Å². The third kappa shape index (κ3) is 4.71. The lowest BCUT2D eigenvalue weighted by Crippen LogP contribution is -2.48.